The first-order chi connectivity index (χ1) is 8.45. The number of alkyl halides is 3. The summed E-state index contributed by atoms with van der Waals surface area (Å²) >= 11 is 0. The van der Waals surface area contributed by atoms with Gasteiger partial charge in [0, 0.05) is 0 Å². The van der Waals surface area contributed by atoms with Gasteiger partial charge in [0.1, 0.15) is 5.54 Å². The van der Waals surface area contributed by atoms with Crippen LogP contribution in [-0.4, -0.2) is 18.3 Å². The topological polar surface area (TPSA) is 12.0 Å². The van der Waals surface area contributed by atoms with E-state index in [9.17, 15) is 13.2 Å². The average Bonchev–Trinajstić information content (AvgIpc) is 2.34. The van der Waals surface area contributed by atoms with Crippen LogP contribution in [0.1, 0.15) is 32.3 Å². The quantitative estimate of drug-likeness (QED) is 0.816. The second-order valence-corrected chi connectivity index (χ2v) is 4.52. The summed E-state index contributed by atoms with van der Waals surface area (Å²) in [6.45, 7) is 3.82. The molecular formula is C14H20F3N. The zero-order valence-electron chi connectivity index (χ0n) is 10.8. The lowest BCUT2D eigenvalue weighted by Gasteiger charge is -2.36. The van der Waals surface area contributed by atoms with Gasteiger partial charge in [0.05, 0.1) is 0 Å². The molecule has 1 atom stereocenters. The van der Waals surface area contributed by atoms with Crippen molar-refractivity contribution in [1.29, 1.82) is 0 Å². The van der Waals surface area contributed by atoms with Crippen molar-refractivity contribution >= 4 is 0 Å². The highest BCUT2D eigenvalue weighted by Crippen LogP contribution is 2.36. The average molecular weight is 259 g/mol. The summed E-state index contributed by atoms with van der Waals surface area (Å²) in [6, 6.07) is 8.83. The number of hydrogen-bond acceptors (Lipinski definition) is 1. The largest absolute Gasteiger partial charge is 0.406 e. The van der Waals surface area contributed by atoms with Crippen molar-refractivity contribution in [3.8, 4) is 0 Å². The summed E-state index contributed by atoms with van der Waals surface area (Å²) in [5, 5.41) is 2.70. The van der Waals surface area contributed by atoms with Crippen LogP contribution in [0.2, 0.25) is 0 Å². The summed E-state index contributed by atoms with van der Waals surface area (Å²) in [5.74, 6) is 0. The van der Waals surface area contributed by atoms with Gasteiger partial charge in [-0.2, -0.15) is 13.2 Å². The van der Waals surface area contributed by atoms with Crippen molar-refractivity contribution in [2.45, 2.75) is 44.8 Å². The van der Waals surface area contributed by atoms with Crippen molar-refractivity contribution < 1.29 is 13.2 Å². The summed E-state index contributed by atoms with van der Waals surface area (Å²) in [4.78, 5) is 0. The van der Waals surface area contributed by atoms with E-state index in [1.54, 1.807) is 31.2 Å². The molecule has 0 aliphatic rings. The van der Waals surface area contributed by atoms with E-state index in [1.165, 1.54) is 0 Å². The second kappa shape index (κ2) is 6.23. The standard InChI is InChI=1S/C14H20F3N/c1-3-10-18-13(4-2,14(15,16)17)11-12-8-6-5-7-9-12/h5-9,18H,3-4,10-11H2,1-2H3. The van der Waals surface area contributed by atoms with Gasteiger partial charge in [0.25, 0.3) is 0 Å². The Morgan fingerprint density at radius 1 is 1.06 bits per heavy atom. The van der Waals surface area contributed by atoms with Gasteiger partial charge in [0.2, 0.25) is 0 Å². The fraction of sp³-hybridized carbons (Fsp3) is 0.571. The lowest BCUT2D eigenvalue weighted by molar-refractivity contribution is -0.197. The smallest absolute Gasteiger partial charge is 0.303 e. The molecule has 0 saturated carbocycles. The lowest BCUT2D eigenvalue weighted by Crippen LogP contribution is -2.58. The van der Waals surface area contributed by atoms with Gasteiger partial charge in [-0.1, -0.05) is 44.2 Å². The molecule has 0 radical (unpaired) electrons. The highest BCUT2D eigenvalue weighted by atomic mass is 19.4. The maximum absolute atomic E-state index is 13.3. The Labute approximate surface area is 106 Å². The van der Waals surface area contributed by atoms with Crippen molar-refractivity contribution in [1.82, 2.24) is 5.32 Å². The van der Waals surface area contributed by atoms with Gasteiger partial charge >= 0.3 is 6.18 Å². The van der Waals surface area contributed by atoms with Crippen LogP contribution in [-0.2, 0) is 6.42 Å². The van der Waals surface area contributed by atoms with Crippen LogP contribution in [0.3, 0.4) is 0 Å². The van der Waals surface area contributed by atoms with E-state index >= 15 is 0 Å². The molecule has 0 aliphatic carbocycles. The SMILES string of the molecule is CCCNC(CC)(Cc1ccccc1)C(F)(F)F. The Morgan fingerprint density at radius 2 is 1.67 bits per heavy atom. The molecule has 0 fully saturated rings. The number of nitrogens with one attached hydrogen (secondary N) is 1. The third kappa shape index (κ3) is 3.48. The molecule has 0 bridgehead atoms. The van der Waals surface area contributed by atoms with E-state index in [0.717, 1.165) is 0 Å². The lowest BCUT2D eigenvalue weighted by atomic mass is 9.87. The summed E-state index contributed by atoms with van der Waals surface area (Å²) < 4.78 is 40.0. The monoisotopic (exact) mass is 259 g/mol. The molecule has 0 aromatic heterocycles. The minimum absolute atomic E-state index is 0.0200. The molecule has 0 spiro atoms. The van der Waals surface area contributed by atoms with Gasteiger partial charge < -0.3 is 5.32 Å². The fourth-order valence-corrected chi connectivity index (χ4v) is 2.02. The van der Waals surface area contributed by atoms with Crippen molar-refractivity contribution in [2.24, 2.45) is 0 Å². The zero-order chi connectivity index (χ0) is 13.6. The maximum atomic E-state index is 13.3. The highest BCUT2D eigenvalue weighted by molar-refractivity contribution is 5.19. The van der Waals surface area contributed by atoms with E-state index in [2.05, 4.69) is 5.32 Å². The van der Waals surface area contributed by atoms with Crippen LogP contribution < -0.4 is 5.32 Å². The van der Waals surface area contributed by atoms with Crippen LogP contribution in [0.25, 0.3) is 0 Å². The Hall–Kier alpha value is -1.03. The van der Waals surface area contributed by atoms with E-state index in [-0.39, 0.29) is 12.8 Å². The fourth-order valence-electron chi connectivity index (χ4n) is 2.02. The van der Waals surface area contributed by atoms with Crippen molar-refractivity contribution in [2.75, 3.05) is 6.54 Å². The number of rotatable bonds is 6. The van der Waals surface area contributed by atoms with E-state index in [0.29, 0.717) is 18.5 Å². The van der Waals surface area contributed by atoms with Crippen LogP contribution in [0, 0.1) is 0 Å². The third-order valence-corrected chi connectivity index (χ3v) is 3.21. The maximum Gasteiger partial charge on any atom is 0.406 e. The van der Waals surface area contributed by atoms with Crippen LogP contribution >= 0.6 is 0 Å². The Morgan fingerprint density at radius 3 is 2.11 bits per heavy atom. The van der Waals surface area contributed by atoms with Gasteiger partial charge in [-0.3, -0.25) is 0 Å². The predicted molar refractivity (Wildman–Crippen MR) is 67.5 cm³/mol. The van der Waals surface area contributed by atoms with Crippen LogP contribution in [0.15, 0.2) is 30.3 Å². The van der Waals surface area contributed by atoms with Gasteiger partial charge in [-0.05, 0) is 31.4 Å². The summed E-state index contributed by atoms with van der Waals surface area (Å²) in [7, 11) is 0. The number of halogens is 3. The Balaban J connectivity index is 2.96. The number of benzene rings is 1. The van der Waals surface area contributed by atoms with E-state index < -0.39 is 11.7 Å². The van der Waals surface area contributed by atoms with Gasteiger partial charge in [-0.15, -0.1) is 0 Å². The summed E-state index contributed by atoms with van der Waals surface area (Å²) in [5.41, 5.74) is -1.11. The molecule has 1 unspecified atom stereocenters. The predicted octanol–water partition coefficient (Wildman–Crippen LogP) is 3.94. The van der Waals surface area contributed by atoms with Crippen LogP contribution in [0.5, 0.6) is 0 Å². The highest BCUT2D eigenvalue weighted by Gasteiger charge is 2.52. The molecule has 1 rings (SSSR count). The number of hydrogen-bond donors (Lipinski definition) is 1. The molecule has 1 aromatic carbocycles. The Bertz CT molecular complexity index is 348. The third-order valence-electron chi connectivity index (χ3n) is 3.21. The molecule has 1 aromatic rings. The zero-order valence-corrected chi connectivity index (χ0v) is 10.8. The molecule has 18 heavy (non-hydrogen) atoms. The first-order valence-corrected chi connectivity index (χ1v) is 6.31. The molecule has 1 N–H and O–H groups in total. The molecule has 0 amide bonds. The normalized spacial score (nSPS) is 15.4. The first kappa shape index (κ1) is 15.0. The first-order valence-electron chi connectivity index (χ1n) is 6.31. The van der Waals surface area contributed by atoms with Crippen LogP contribution in [0.4, 0.5) is 13.2 Å². The minimum Gasteiger partial charge on any atom is -0.303 e. The molecule has 0 aliphatic heterocycles. The van der Waals surface area contributed by atoms with Gasteiger partial charge in [0.15, 0.2) is 0 Å². The minimum atomic E-state index is -4.24. The molecule has 0 saturated heterocycles. The molecule has 1 nitrogen and oxygen atoms in total. The molecule has 4 heteroatoms. The van der Waals surface area contributed by atoms with E-state index in [1.807, 2.05) is 13.0 Å². The van der Waals surface area contributed by atoms with Crippen molar-refractivity contribution in [3.05, 3.63) is 35.9 Å². The van der Waals surface area contributed by atoms with Crippen molar-refractivity contribution in [3.63, 3.8) is 0 Å². The second-order valence-electron chi connectivity index (χ2n) is 4.52. The summed E-state index contributed by atoms with van der Waals surface area (Å²) in [6.07, 6.45) is -3.54. The Kier molecular flexibility index (Phi) is 5.20. The van der Waals surface area contributed by atoms with E-state index in [4.69, 9.17) is 0 Å². The molecular weight excluding hydrogens is 239 g/mol. The molecule has 102 valence electrons. The molecule has 0 heterocycles. The van der Waals surface area contributed by atoms with Gasteiger partial charge in [-0.25, -0.2) is 0 Å².